The van der Waals surface area contributed by atoms with Gasteiger partial charge in [-0.15, -0.1) is 0 Å². The minimum Gasteiger partial charge on any atom is -0.352 e. The van der Waals surface area contributed by atoms with E-state index < -0.39 is 6.04 Å². The molecule has 3 heteroatoms. The number of carbonyl (C=O) groups excluding carboxylic acids is 1. The van der Waals surface area contributed by atoms with Gasteiger partial charge in [0.2, 0.25) is 5.91 Å². The highest BCUT2D eigenvalue weighted by molar-refractivity contribution is 5.82. The fourth-order valence-corrected chi connectivity index (χ4v) is 2.01. The summed E-state index contributed by atoms with van der Waals surface area (Å²) in [7, 11) is 0. The molecule has 0 spiro atoms. The van der Waals surface area contributed by atoms with Crippen molar-refractivity contribution in [1.29, 1.82) is 0 Å². The number of carbonyl (C=O) groups is 1. The third-order valence-electron chi connectivity index (χ3n) is 3.72. The number of nitrogens with one attached hydrogen (secondary N) is 1. The summed E-state index contributed by atoms with van der Waals surface area (Å²) in [5.41, 5.74) is 7.20. The summed E-state index contributed by atoms with van der Waals surface area (Å²) in [6, 6.07) is 9.97. The van der Waals surface area contributed by atoms with Gasteiger partial charge in [-0.3, -0.25) is 4.79 Å². The van der Waals surface area contributed by atoms with Crippen LogP contribution in [0.1, 0.15) is 39.2 Å². The molecule has 0 saturated carbocycles. The van der Waals surface area contributed by atoms with Gasteiger partial charge in [-0.1, -0.05) is 57.5 Å². The van der Waals surface area contributed by atoms with E-state index in [1.807, 2.05) is 25.1 Å². The van der Waals surface area contributed by atoms with E-state index >= 15 is 0 Å². The minimum absolute atomic E-state index is 0.0304. The first kappa shape index (κ1) is 15.7. The van der Waals surface area contributed by atoms with Crippen LogP contribution in [-0.4, -0.2) is 18.0 Å². The summed E-state index contributed by atoms with van der Waals surface area (Å²) < 4.78 is 0. The van der Waals surface area contributed by atoms with Gasteiger partial charge in [0.1, 0.15) is 0 Å². The van der Waals surface area contributed by atoms with E-state index in [-0.39, 0.29) is 17.9 Å². The van der Waals surface area contributed by atoms with Crippen LogP contribution in [0.2, 0.25) is 0 Å². The molecule has 3 unspecified atom stereocenters. The maximum Gasteiger partial charge on any atom is 0.237 e. The molecule has 0 bridgehead atoms. The second-order valence-electron chi connectivity index (χ2n) is 5.21. The van der Waals surface area contributed by atoms with Gasteiger partial charge in [0.05, 0.1) is 6.04 Å². The molecule has 1 amide bonds. The van der Waals surface area contributed by atoms with E-state index in [9.17, 15) is 4.79 Å². The number of hydrogen-bond acceptors (Lipinski definition) is 2. The van der Waals surface area contributed by atoms with Crippen LogP contribution in [-0.2, 0) is 11.2 Å². The number of rotatable bonds is 7. The molecule has 0 aliphatic rings. The van der Waals surface area contributed by atoms with Gasteiger partial charge in [0.15, 0.2) is 0 Å². The van der Waals surface area contributed by atoms with Crippen molar-refractivity contribution in [3.05, 3.63) is 35.9 Å². The smallest absolute Gasteiger partial charge is 0.237 e. The van der Waals surface area contributed by atoms with Crippen LogP contribution in [0, 0.1) is 5.92 Å². The summed E-state index contributed by atoms with van der Waals surface area (Å²) in [6.07, 6.45) is 2.69. The van der Waals surface area contributed by atoms with Crippen LogP contribution in [0.5, 0.6) is 0 Å². The Morgan fingerprint density at radius 3 is 2.37 bits per heavy atom. The predicted molar refractivity (Wildman–Crippen MR) is 79.8 cm³/mol. The molecular formula is C16H26N2O. The third-order valence-corrected chi connectivity index (χ3v) is 3.72. The van der Waals surface area contributed by atoms with Crippen molar-refractivity contribution in [2.24, 2.45) is 11.7 Å². The number of amides is 1. The fraction of sp³-hybridized carbons (Fsp3) is 0.562. The van der Waals surface area contributed by atoms with Gasteiger partial charge < -0.3 is 11.1 Å². The molecule has 106 valence electrons. The molecule has 3 nitrogen and oxygen atoms in total. The Hall–Kier alpha value is -1.35. The van der Waals surface area contributed by atoms with Crippen LogP contribution in [0.4, 0.5) is 0 Å². The highest BCUT2D eigenvalue weighted by atomic mass is 16.2. The lowest BCUT2D eigenvalue weighted by molar-refractivity contribution is -0.124. The van der Waals surface area contributed by atoms with Crippen molar-refractivity contribution in [2.45, 2.75) is 52.1 Å². The monoisotopic (exact) mass is 262 g/mol. The van der Waals surface area contributed by atoms with Crippen molar-refractivity contribution in [3.63, 3.8) is 0 Å². The Morgan fingerprint density at radius 2 is 1.84 bits per heavy atom. The molecule has 0 heterocycles. The second kappa shape index (κ2) is 7.95. The van der Waals surface area contributed by atoms with Crippen LogP contribution in [0.15, 0.2) is 30.3 Å². The lowest BCUT2D eigenvalue weighted by atomic mass is 9.98. The average molecular weight is 262 g/mol. The molecule has 0 fully saturated rings. The fourth-order valence-electron chi connectivity index (χ4n) is 2.01. The maximum absolute atomic E-state index is 12.1. The summed E-state index contributed by atoms with van der Waals surface area (Å²) in [5, 5.41) is 3.07. The number of hydrogen-bond donors (Lipinski definition) is 2. The standard InChI is InChI=1S/C16H26N2O/c1-4-12(3)15(17)16(19)18-14(5-2)11-13-9-7-6-8-10-13/h6-10,12,14-15H,4-5,11,17H2,1-3H3,(H,18,19). The van der Waals surface area contributed by atoms with Crippen molar-refractivity contribution >= 4 is 5.91 Å². The summed E-state index contributed by atoms with van der Waals surface area (Å²) in [6.45, 7) is 6.16. The van der Waals surface area contributed by atoms with Gasteiger partial charge >= 0.3 is 0 Å². The molecule has 0 saturated heterocycles. The molecule has 0 aliphatic heterocycles. The zero-order valence-electron chi connectivity index (χ0n) is 12.2. The van der Waals surface area contributed by atoms with Crippen LogP contribution < -0.4 is 11.1 Å². The van der Waals surface area contributed by atoms with E-state index in [0.717, 1.165) is 19.3 Å². The number of nitrogens with two attached hydrogens (primary N) is 1. The van der Waals surface area contributed by atoms with E-state index in [2.05, 4.69) is 31.3 Å². The van der Waals surface area contributed by atoms with Gasteiger partial charge in [0.25, 0.3) is 0 Å². The molecule has 0 aromatic heterocycles. The molecule has 0 aliphatic carbocycles. The Kier molecular flexibility index (Phi) is 6.57. The topological polar surface area (TPSA) is 55.1 Å². The molecule has 3 atom stereocenters. The number of benzene rings is 1. The predicted octanol–water partition coefficient (Wildman–Crippen LogP) is 2.50. The van der Waals surface area contributed by atoms with E-state index in [1.54, 1.807) is 0 Å². The zero-order valence-corrected chi connectivity index (χ0v) is 12.2. The Labute approximate surface area is 116 Å². The molecular weight excluding hydrogens is 236 g/mol. The largest absolute Gasteiger partial charge is 0.352 e. The van der Waals surface area contributed by atoms with E-state index in [0.29, 0.717) is 0 Å². The van der Waals surface area contributed by atoms with E-state index in [1.165, 1.54) is 5.56 Å². The van der Waals surface area contributed by atoms with Crippen LogP contribution in [0.3, 0.4) is 0 Å². The molecule has 3 N–H and O–H groups in total. The highest BCUT2D eigenvalue weighted by Gasteiger charge is 2.21. The van der Waals surface area contributed by atoms with E-state index in [4.69, 9.17) is 5.73 Å². The molecule has 19 heavy (non-hydrogen) atoms. The van der Waals surface area contributed by atoms with Crippen molar-refractivity contribution in [2.75, 3.05) is 0 Å². The van der Waals surface area contributed by atoms with Gasteiger partial charge in [-0.25, -0.2) is 0 Å². The Morgan fingerprint density at radius 1 is 1.21 bits per heavy atom. The Bertz CT molecular complexity index is 378. The third kappa shape index (κ3) is 5.03. The first-order valence-corrected chi connectivity index (χ1v) is 7.18. The summed E-state index contributed by atoms with van der Waals surface area (Å²) in [4.78, 5) is 12.1. The van der Waals surface area contributed by atoms with Crippen LogP contribution >= 0.6 is 0 Å². The minimum atomic E-state index is -0.408. The molecule has 1 aromatic rings. The lowest BCUT2D eigenvalue weighted by Crippen LogP contribution is -2.48. The average Bonchev–Trinajstić information content (AvgIpc) is 2.45. The second-order valence-corrected chi connectivity index (χ2v) is 5.21. The zero-order chi connectivity index (χ0) is 14.3. The maximum atomic E-state index is 12.1. The molecule has 1 aromatic carbocycles. The van der Waals surface area contributed by atoms with Gasteiger partial charge in [0, 0.05) is 6.04 Å². The summed E-state index contributed by atoms with van der Waals surface area (Å²) in [5.74, 6) is 0.186. The highest BCUT2D eigenvalue weighted by Crippen LogP contribution is 2.08. The van der Waals surface area contributed by atoms with Gasteiger partial charge in [-0.2, -0.15) is 0 Å². The van der Waals surface area contributed by atoms with Crippen LogP contribution in [0.25, 0.3) is 0 Å². The quantitative estimate of drug-likeness (QED) is 0.793. The summed E-state index contributed by atoms with van der Waals surface area (Å²) >= 11 is 0. The van der Waals surface area contributed by atoms with Crippen molar-refractivity contribution in [1.82, 2.24) is 5.32 Å². The first-order chi connectivity index (χ1) is 9.08. The van der Waals surface area contributed by atoms with Gasteiger partial charge in [-0.05, 0) is 24.3 Å². The normalized spacial score (nSPS) is 15.6. The molecule has 1 rings (SSSR count). The Balaban J connectivity index is 2.55. The SMILES string of the molecule is CCC(Cc1ccccc1)NC(=O)C(N)C(C)CC. The molecule has 0 radical (unpaired) electrons. The lowest BCUT2D eigenvalue weighted by Gasteiger charge is -2.22. The van der Waals surface area contributed by atoms with Crippen molar-refractivity contribution in [3.8, 4) is 0 Å². The van der Waals surface area contributed by atoms with Crippen molar-refractivity contribution < 1.29 is 4.79 Å². The first-order valence-electron chi connectivity index (χ1n) is 7.18.